The Morgan fingerprint density at radius 2 is 2.00 bits per heavy atom. The molecule has 0 radical (unpaired) electrons. The van der Waals surface area contributed by atoms with Gasteiger partial charge in [-0.1, -0.05) is 0 Å². The smallest absolute Gasteiger partial charge is 0.238 e. The topological polar surface area (TPSA) is 62.8 Å². The lowest BCUT2D eigenvalue weighted by Gasteiger charge is -2.19. The third-order valence-electron chi connectivity index (χ3n) is 2.85. The van der Waals surface area contributed by atoms with Gasteiger partial charge in [0.25, 0.3) is 0 Å². The highest BCUT2D eigenvalue weighted by atomic mass is 16.6. The van der Waals surface area contributed by atoms with Crippen molar-refractivity contribution in [2.45, 2.75) is 0 Å². The van der Waals surface area contributed by atoms with E-state index in [1.165, 1.54) is 0 Å². The zero-order chi connectivity index (χ0) is 14.4. The Bertz CT molecular complexity index is 463. The maximum atomic E-state index is 11.8. The van der Waals surface area contributed by atoms with Crippen LogP contribution in [0.5, 0.6) is 11.5 Å². The minimum atomic E-state index is -0.0690. The Kier molecular flexibility index (Phi) is 5.20. The van der Waals surface area contributed by atoms with Crippen LogP contribution in [0.4, 0.5) is 5.69 Å². The van der Waals surface area contributed by atoms with E-state index in [0.717, 1.165) is 18.8 Å². The molecule has 6 nitrogen and oxygen atoms in total. The summed E-state index contributed by atoms with van der Waals surface area (Å²) in [5.74, 6) is 1.33. The third-order valence-corrected chi connectivity index (χ3v) is 2.85. The number of rotatable bonds is 6. The van der Waals surface area contributed by atoms with Crippen LogP contribution in [-0.2, 0) is 4.79 Å². The fourth-order valence-corrected chi connectivity index (χ4v) is 1.83. The van der Waals surface area contributed by atoms with Gasteiger partial charge in [0.2, 0.25) is 5.91 Å². The average molecular weight is 279 g/mol. The highest BCUT2D eigenvalue weighted by Gasteiger charge is 2.12. The van der Waals surface area contributed by atoms with Gasteiger partial charge in [0.05, 0.1) is 6.54 Å². The molecule has 0 aromatic heterocycles. The van der Waals surface area contributed by atoms with E-state index < -0.39 is 0 Å². The van der Waals surface area contributed by atoms with Gasteiger partial charge in [0.15, 0.2) is 11.5 Å². The maximum Gasteiger partial charge on any atom is 0.238 e. The van der Waals surface area contributed by atoms with Crippen LogP contribution >= 0.6 is 0 Å². The first-order valence-corrected chi connectivity index (χ1v) is 6.70. The molecule has 0 saturated heterocycles. The highest BCUT2D eigenvalue weighted by Crippen LogP contribution is 2.32. The van der Waals surface area contributed by atoms with Gasteiger partial charge in [-0.2, -0.15) is 0 Å². The van der Waals surface area contributed by atoms with Crippen LogP contribution in [-0.4, -0.2) is 57.8 Å². The average Bonchev–Trinajstić information content (AvgIpc) is 2.43. The molecule has 20 heavy (non-hydrogen) atoms. The first-order valence-electron chi connectivity index (χ1n) is 6.70. The summed E-state index contributed by atoms with van der Waals surface area (Å²) >= 11 is 0. The van der Waals surface area contributed by atoms with Crippen molar-refractivity contribution in [3.63, 3.8) is 0 Å². The van der Waals surface area contributed by atoms with Gasteiger partial charge >= 0.3 is 0 Å². The number of nitrogens with one attached hydrogen (secondary N) is 2. The molecule has 0 spiro atoms. The van der Waals surface area contributed by atoms with Gasteiger partial charge in [0, 0.05) is 24.8 Å². The Hall–Kier alpha value is -1.79. The van der Waals surface area contributed by atoms with Crippen LogP contribution in [0.25, 0.3) is 0 Å². The van der Waals surface area contributed by atoms with Crippen LogP contribution in [0.1, 0.15) is 0 Å². The molecule has 1 heterocycles. The van der Waals surface area contributed by atoms with E-state index in [2.05, 4.69) is 15.5 Å². The summed E-state index contributed by atoms with van der Waals surface area (Å²) in [5.41, 5.74) is 0.716. The molecule has 2 N–H and O–H groups in total. The number of fused-ring (bicyclic) bond motifs is 1. The van der Waals surface area contributed by atoms with E-state index in [9.17, 15) is 4.79 Å². The molecule has 110 valence electrons. The van der Waals surface area contributed by atoms with Crippen LogP contribution in [0.15, 0.2) is 18.2 Å². The summed E-state index contributed by atoms with van der Waals surface area (Å²) in [6.45, 7) is 3.08. The van der Waals surface area contributed by atoms with Crippen molar-refractivity contribution in [1.82, 2.24) is 10.2 Å². The molecule has 0 atom stereocenters. The second-order valence-electron chi connectivity index (χ2n) is 4.89. The largest absolute Gasteiger partial charge is 0.486 e. The second-order valence-corrected chi connectivity index (χ2v) is 4.89. The number of nitrogens with zero attached hydrogens (tertiary/aromatic N) is 1. The molecule has 2 rings (SSSR count). The van der Waals surface area contributed by atoms with Gasteiger partial charge in [-0.3, -0.25) is 4.79 Å². The standard InChI is InChI=1S/C14H21N3O3/c1-17(2)6-5-15-10-14(18)16-11-3-4-12-13(9-11)20-8-7-19-12/h3-4,9,15H,5-8,10H2,1-2H3,(H,16,18). The van der Waals surface area contributed by atoms with E-state index in [1.807, 2.05) is 26.2 Å². The Labute approximate surface area is 119 Å². The SMILES string of the molecule is CN(C)CCNCC(=O)Nc1ccc2c(c1)OCCO2. The van der Waals surface area contributed by atoms with E-state index in [1.54, 1.807) is 6.07 Å². The number of amides is 1. The molecule has 0 unspecified atom stereocenters. The third kappa shape index (κ3) is 4.40. The van der Waals surface area contributed by atoms with Crippen LogP contribution < -0.4 is 20.1 Å². The number of carbonyl (C=O) groups is 1. The van der Waals surface area contributed by atoms with Crippen molar-refractivity contribution in [2.24, 2.45) is 0 Å². The van der Waals surface area contributed by atoms with Crippen LogP contribution in [0.3, 0.4) is 0 Å². The minimum Gasteiger partial charge on any atom is -0.486 e. The fourth-order valence-electron chi connectivity index (χ4n) is 1.83. The van der Waals surface area contributed by atoms with E-state index in [0.29, 0.717) is 31.2 Å². The molecule has 0 aliphatic carbocycles. The molecular weight excluding hydrogens is 258 g/mol. The molecule has 0 saturated carbocycles. The van der Waals surface area contributed by atoms with Crippen LogP contribution in [0.2, 0.25) is 0 Å². The summed E-state index contributed by atoms with van der Waals surface area (Å²) in [4.78, 5) is 13.8. The van der Waals surface area contributed by atoms with Gasteiger partial charge in [0.1, 0.15) is 13.2 Å². The minimum absolute atomic E-state index is 0.0690. The van der Waals surface area contributed by atoms with Gasteiger partial charge in [-0.05, 0) is 26.2 Å². The summed E-state index contributed by atoms with van der Waals surface area (Å²) in [6, 6.07) is 5.40. The quantitative estimate of drug-likeness (QED) is 0.745. The van der Waals surface area contributed by atoms with Gasteiger partial charge < -0.3 is 25.0 Å². The van der Waals surface area contributed by atoms with Crippen molar-refractivity contribution in [1.29, 1.82) is 0 Å². The van der Waals surface area contributed by atoms with E-state index in [4.69, 9.17) is 9.47 Å². The highest BCUT2D eigenvalue weighted by molar-refractivity contribution is 5.92. The lowest BCUT2D eigenvalue weighted by molar-refractivity contribution is -0.115. The van der Waals surface area contributed by atoms with Crippen molar-refractivity contribution in [3.05, 3.63) is 18.2 Å². The molecule has 1 aliphatic heterocycles. The Morgan fingerprint density at radius 3 is 2.75 bits per heavy atom. The molecule has 1 aromatic carbocycles. The fraction of sp³-hybridized carbons (Fsp3) is 0.500. The summed E-state index contributed by atoms with van der Waals surface area (Å²) < 4.78 is 10.9. The van der Waals surface area contributed by atoms with Gasteiger partial charge in [-0.25, -0.2) is 0 Å². The number of anilines is 1. The molecule has 1 aromatic rings. The molecule has 1 amide bonds. The molecule has 1 aliphatic rings. The second kappa shape index (κ2) is 7.12. The lowest BCUT2D eigenvalue weighted by atomic mass is 10.2. The Morgan fingerprint density at radius 1 is 1.25 bits per heavy atom. The normalized spacial score (nSPS) is 13.3. The van der Waals surface area contributed by atoms with Crippen molar-refractivity contribution in [3.8, 4) is 11.5 Å². The number of hydrogen-bond donors (Lipinski definition) is 2. The van der Waals surface area contributed by atoms with Crippen molar-refractivity contribution < 1.29 is 14.3 Å². The maximum absolute atomic E-state index is 11.8. The van der Waals surface area contributed by atoms with Gasteiger partial charge in [-0.15, -0.1) is 0 Å². The summed E-state index contributed by atoms with van der Waals surface area (Å²) in [5, 5.41) is 5.92. The number of likely N-dealkylation sites (N-methyl/N-ethyl adjacent to an activating group) is 1. The predicted molar refractivity (Wildman–Crippen MR) is 77.5 cm³/mol. The van der Waals surface area contributed by atoms with E-state index in [-0.39, 0.29) is 5.91 Å². The molecule has 0 fully saturated rings. The summed E-state index contributed by atoms with van der Waals surface area (Å²) in [7, 11) is 3.99. The zero-order valence-electron chi connectivity index (χ0n) is 11.9. The first-order chi connectivity index (χ1) is 9.65. The summed E-state index contributed by atoms with van der Waals surface area (Å²) in [6.07, 6.45) is 0. The molecule has 6 heteroatoms. The molecular formula is C14H21N3O3. The Balaban J connectivity index is 1.79. The van der Waals surface area contributed by atoms with E-state index >= 15 is 0 Å². The first kappa shape index (κ1) is 14.6. The predicted octanol–water partition coefficient (Wildman–Crippen LogP) is 0.547. The monoisotopic (exact) mass is 279 g/mol. The van der Waals surface area contributed by atoms with Crippen molar-refractivity contribution >= 4 is 11.6 Å². The number of benzene rings is 1. The van der Waals surface area contributed by atoms with Crippen molar-refractivity contribution in [2.75, 3.05) is 52.3 Å². The zero-order valence-corrected chi connectivity index (χ0v) is 11.9. The lowest BCUT2D eigenvalue weighted by Crippen LogP contribution is -2.33. The number of ether oxygens (including phenoxy) is 2. The number of hydrogen-bond acceptors (Lipinski definition) is 5. The van der Waals surface area contributed by atoms with Crippen LogP contribution in [0, 0.1) is 0 Å². The number of carbonyl (C=O) groups excluding carboxylic acids is 1. The molecule has 0 bridgehead atoms.